The van der Waals surface area contributed by atoms with Crippen molar-refractivity contribution in [3.05, 3.63) is 59.7 Å². The van der Waals surface area contributed by atoms with E-state index in [4.69, 9.17) is 9.47 Å². The number of rotatable bonds is 12. The molecule has 0 aliphatic carbocycles. The fraction of sp³-hybridized carbons (Fsp3) is 0.576. The Hall–Kier alpha value is -2.70. The summed E-state index contributed by atoms with van der Waals surface area (Å²) in [4.78, 5) is 33.0. The van der Waals surface area contributed by atoms with Crippen molar-refractivity contribution >= 4 is 11.6 Å². The van der Waals surface area contributed by atoms with Crippen LogP contribution in [0, 0.1) is 11.8 Å². The molecule has 2 aliphatic heterocycles. The lowest BCUT2D eigenvalue weighted by Gasteiger charge is -2.31. The van der Waals surface area contributed by atoms with E-state index in [1.807, 2.05) is 48.5 Å². The third-order valence-corrected chi connectivity index (χ3v) is 8.41. The lowest BCUT2D eigenvalue weighted by molar-refractivity contribution is 0.0775. The maximum Gasteiger partial charge on any atom is 0.167 e. The highest BCUT2D eigenvalue weighted by Gasteiger charge is 2.32. The Balaban J connectivity index is 1.60. The zero-order valence-corrected chi connectivity index (χ0v) is 23.9. The first-order chi connectivity index (χ1) is 19.1. The minimum absolute atomic E-state index is 0.130. The molecule has 0 saturated carbocycles. The van der Waals surface area contributed by atoms with Gasteiger partial charge in [0.1, 0.15) is 11.5 Å². The molecule has 212 valence electrons. The number of benzene rings is 2. The van der Waals surface area contributed by atoms with Crippen LogP contribution in [0.3, 0.4) is 0 Å². The minimum Gasteiger partial charge on any atom is -0.497 e. The van der Waals surface area contributed by atoms with Crippen LogP contribution in [0.5, 0.6) is 11.5 Å². The fourth-order valence-corrected chi connectivity index (χ4v) is 6.12. The lowest BCUT2D eigenvalue weighted by Crippen LogP contribution is -2.39. The molecule has 2 aliphatic rings. The van der Waals surface area contributed by atoms with Crippen LogP contribution >= 0.6 is 0 Å². The van der Waals surface area contributed by atoms with Gasteiger partial charge in [-0.05, 0) is 107 Å². The highest BCUT2D eigenvalue weighted by molar-refractivity contribution is 6.00. The highest BCUT2D eigenvalue weighted by Crippen LogP contribution is 2.27. The van der Waals surface area contributed by atoms with Gasteiger partial charge in [0.05, 0.1) is 14.2 Å². The van der Waals surface area contributed by atoms with E-state index in [1.54, 1.807) is 14.2 Å². The third kappa shape index (κ3) is 8.64. The number of nitrogens with zero attached hydrogens (tertiary/aromatic N) is 2. The topological polar surface area (TPSA) is 59.1 Å². The quantitative estimate of drug-likeness (QED) is 0.305. The van der Waals surface area contributed by atoms with Crippen LogP contribution in [0.4, 0.5) is 0 Å². The normalized spacial score (nSPS) is 18.9. The molecule has 2 atom stereocenters. The molecule has 0 spiro atoms. The first kappa shape index (κ1) is 29.3. The van der Waals surface area contributed by atoms with Gasteiger partial charge in [-0.25, -0.2) is 0 Å². The lowest BCUT2D eigenvalue weighted by atomic mass is 9.83. The van der Waals surface area contributed by atoms with Crippen LogP contribution in [0.1, 0.15) is 78.5 Å². The summed E-state index contributed by atoms with van der Waals surface area (Å²) in [5, 5.41) is 0. The molecule has 2 fully saturated rings. The Kier molecular flexibility index (Phi) is 11.4. The van der Waals surface area contributed by atoms with Gasteiger partial charge < -0.3 is 19.3 Å². The number of carbonyl (C=O) groups is 2. The maximum absolute atomic E-state index is 14.0. The molecular formula is C33H46N2O4. The molecule has 2 aromatic rings. The minimum atomic E-state index is -0.240. The second-order valence-electron chi connectivity index (χ2n) is 11.2. The molecule has 0 radical (unpaired) electrons. The van der Waals surface area contributed by atoms with Crippen LogP contribution in [0.2, 0.25) is 0 Å². The molecule has 6 heteroatoms. The summed E-state index contributed by atoms with van der Waals surface area (Å²) < 4.78 is 10.6. The molecule has 39 heavy (non-hydrogen) atoms. The SMILES string of the molecule is COc1ccc(C(=O)[C@H](C[C@H](CN2CCCCCC2)C(=O)c2ccc(OC)cc2)CN2CCCCCC2)cc1. The standard InChI is InChI=1S/C33H46N2O4/c1-38-30-15-11-26(12-16-30)32(36)28(24-34-19-7-3-4-8-20-34)23-29(25-35-21-9-5-6-10-22-35)33(37)27-13-17-31(39-2)18-14-27/h11-18,28-29H,3-10,19-25H2,1-2H3/t28-,29-/m1/s1. The average Bonchev–Trinajstić information content (AvgIpc) is 3.41. The average molecular weight is 535 g/mol. The summed E-state index contributed by atoms with van der Waals surface area (Å²) in [5.41, 5.74) is 1.39. The smallest absolute Gasteiger partial charge is 0.167 e. The van der Waals surface area contributed by atoms with Gasteiger partial charge in [0.25, 0.3) is 0 Å². The monoisotopic (exact) mass is 534 g/mol. The van der Waals surface area contributed by atoms with Crippen molar-refractivity contribution in [3.63, 3.8) is 0 Å². The zero-order chi connectivity index (χ0) is 27.5. The number of likely N-dealkylation sites (tertiary alicyclic amines) is 2. The fourth-order valence-electron chi connectivity index (χ4n) is 6.12. The summed E-state index contributed by atoms with van der Waals surface area (Å²) in [5.74, 6) is 1.26. The van der Waals surface area contributed by atoms with E-state index in [0.29, 0.717) is 30.6 Å². The Morgan fingerprint density at radius 3 is 1.23 bits per heavy atom. The van der Waals surface area contributed by atoms with Gasteiger partial charge in [-0.3, -0.25) is 9.59 Å². The molecule has 0 amide bonds. The van der Waals surface area contributed by atoms with Crippen LogP contribution in [-0.4, -0.2) is 74.9 Å². The van der Waals surface area contributed by atoms with Gasteiger partial charge >= 0.3 is 0 Å². The summed E-state index contributed by atoms with van der Waals surface area (Å²) in [7, 11) is 3.27. The van der Waals surface area contributed by atoms with E-state index in [0.717, 1.165) is 37.7 Å². The van der Waals surface area contributed by atoms with Crippen LogP contribution in [-0.2, 0) is 0 Å². The van der Waals surface area contributed by atoms with Gasteiger partial charge in [0.15, 0.2) is 11.6 Å². The molecule has 0 aromatic heterocycles. The molecule has 4 rings (SSSR count). The highest BCUT2D eigenvalue weighted by atomic mass is 16.5. The molecule has 0 N–H and O–H groups in total. The Morgan fingerprint density at radius 2 is 0.923 bits per heavy atom. The largest absolute Gasteiger partial charge is 0.497 e. The van der Waals surface area contributed by atoms with E-state index in [-0.39, 0.29) is 23.4 Å². The van der Waals surface area contributed by atoms with E-state index >= 15 is 0 Å². The Morgan fingerprint density at radius 1 is 0.590 bits per heavy atom. The third-order valence-electron chi connectivity index (χ3n) is 8.41. The van der Waals surface area contributed by atoms with E-state index in [1.165, 1.54) is 51.4 Å². The number of hydrogen-bond acceptors (Lipinski definition) is 6. The maximum atomic E-state index is 14.0. The number of methoxy groups -OCH3 is 2. The molecular weight excluding hydrogens is 488 g/mol. The van der Waals surface area contributed by atoms with Crippen molar-refractivity contribution in [2.24, 2.45) is 11.8 Å². The molecule has 2 aromatic carbocycles. The van der Waals surface area contributed by atoms with Gasteiger partial charge in [0.2, 0.25) is 0 Å². The predicted octanol–water partition coefficient (Wildman–Crippen LogP) is 6.14. The molecule has 2 heterocycles. The predicted molar refractivity (Wildman–Crippen MR) is 156 cm³/mol. The van der Waals surface area contributed by atoms with Crippen molar-refractivity contribution < 1.29 is 19.1 Å². The number of ether oxygens (including phenoxy) is 2. The zero-order valence-electron chi connectivity index (χ0n) is 23.9. The number of ketones is 2. The van der Waals surface area contributed by atoms with Crippen LogP contribution in [0.15, 0.2) is 48.5 Å². The van der Waals surface area contributed by atoms with Crippen molar-refractivity contribution in [2.75, 3.05) is 53.5 Å². The summed E-state index contributed by atoms with van der Waals surface area (Å²) in [6.45, 7) is 5.50. The van der Waals surface area contributed by atoms with Crippen LogP contribution < -0.4 is 9.47 Å². The van der Waals surface area contributed by atoms with Crippen molar-refractivity contribution in [2.45, 2.75) is 57.8 Å². The number of Topliss-reactive ketones (excluding diaryl/α,β-unsaturated/α-hetero) is 2. The second-order valence-corrected chi connectivity index (χ2v) is 11.2. The summed E-state index contributed by atoms with van der Waals surface area (Å²) >= 11 is 0. The first-order valence-electron chi connectivity index (χ1n) is 14.9. The Labute approximate surface area is 234 Å². The first-order valence-corrected chi connectivity index (χ1v) is 14.9. The van der Waals surface area contributed by atoms with Gasteiger partial charge in [0, 0.05) is 36.1 Å². The molecule has 2 saturated heterocycles. The molecule has 0 bridgehead atoms. The summed E-state index contributed by atoms with van der Waals surface area (Å²) in [6, 6.07) is 14.9. The van der Waals surface area contributed by atoms with Gasteiger partial charge in [-0.15, -0.1) is 0 Å². The van der Waals surface area contributed by atoms with Crippen molar-refractivity contribution in [1.82, 2.24) is 9.80 Å². The van der Waals surface area contributed by atoms with Crippen molar-refractivity contribution in [3.8, 4) is 11.5 Å². The van der Waals surface area contributed by atoms with E-state index < -0.39 is 0 Å². The summed E-state index contributed by atoms with van der Waals surface area (Å²) in [6.07, 6.45) is 10.3. The number of hydrogen-bond donors (Lipinski definition) is 0. The molecule has 6 nitrogen and oxygen atoms in total. The molecule has 0 unspecified atom stereocenters. The van der Waals surface area contributed by atoms with E-state index in [2.05, 4.69) is 9.80 Å². The Bertz CT molecular complexity index is 937. The van der Waals surface area contributed by atoms with Gasteiger partial charge in [-0.1, -0.05) is 25.7 Å². The van der Waals surface area contributed by atoms with Crippen molar-refractivity contribution in [1.29, 1.82) is 0 Å². The van der Waals surface area contributed by atoms with Gasteiger partial charge in [-0.2, -0.15) is 0 Å². The van der Waals surface area contributed by atoms with Crippen LogP contribution in [0.25, 0.3) is 0 Å². The number of carbonyl (C=O) groups excluding carboxylic acids is 2. The second kappa shape index (κ2) is 15.2. The van der Waals surface area contributed by atoms with E-state index in [9.17, 15) is 9.59 Å².